The minimum atomic E-state index is -4.52. The number of carbonyl (C=O) groups excluding carboxylic acids is 1. The van der Waals surface area contributed by atoms with Crippen LogP contribution in [0.15, 0.2) is 59.3 Å². The summed E-state index contributed by atoms with van der Waals surface area (Å²) in [7, 11) is 0. The van der Waals surface area contributed by atoms with E-state index in [1.165, 1.54) is 16.5 Å². The van der Waals surface area contributed by atoms with Crippen LogP contribution in [0.3, 0.4) is 0 Å². The monoisotopic (exact) mass is 401 g/mol. The molecule has 0 aliphatic heterocycles. The molecule has 10 heteroatoms. The third-order valence-corrected chi connectivity index (χ3v) is 4.05. The molecule has 0 saturated carbocycles. The van der Waals surface area contributed by atoms with Gasteiger partial charge in [0.25, 0.3) is 5.91 Å². The summed E-state index contributed by atoms with van der Waals surface area (Å²) in [6, 6.07) is 12.9. The van der Waals surface area contributed by atoms with E-state index >= 15 is 0 Å². The highest BCUT2D eigenvalue weighted by atomic mass is 19.4. The fraction of sp³-hybridized carbons (Fsp3) is 0.105. The van der Waals surface area contributed by atoms with Crippen LogP contribution in [0.2, 0.25) is 0 Å². The fourth-order valence-corrected chi connectivity index (χ4v) is 2.70. The number of carbonyl (C=O) groups is 1. The number of alkyl halides is 3. The number of imidazole rings is 1. The predicted molar refractivity (Wildman–Crippen MR) is 99.1 cm³/mol. The zero-order chi connectivity index (χ0) is 20.6. The summed E-state index contributed by atoms with van der Waals surface area (Å²) in [6.45, 7) is 1.71. The molecular formula is C19H14F3N5O2. The number of fused-ring (bicyclic) bond motifs is 1. The van der Waals surface area contributed by atoms with Crippen LogP contribution in [0.4, 0.5) is 30.4 Å². The minimum absolute atomic E-state index is 0.0944. The quantitative estimate of drug-likeness (QED) is 0.520. The van der Waals surface area contributed by atoms with Crippen molar-refractivity contribution in [1.29, 1.82) is 0 Å². The van der Waals surface area contributed by atoms with Crippen LogP contribution in [-0.2, 0) is 6.18 Å². The number of amides is 1. The maximum Gasteiger partial charge on any atom is 0.434 e. The zero-order valence-electron chi connectivity index (χ0n) is 15.0. The van der Waals surface area contributed by atoms with E-state index in [0.717, 1.165) is 6.20 Å². The summed E-state index contributed by atoms with van der Waals surface area (Å²) in [5.74, 6) is 0.0746. The number of nitrogens with one attached hydrogen (secondary N) is 2. The van der Waals surface area contributed by atoms with E-state index in [-0.39, 0.29) is 11.4 Å². The topological polar surface area (TPSA) is 84.5 Å². The lowest BCUT2D eigenvalue weighted by Crippen LogP contribution is -2.10. The maximum absolute atomic E-state index is 12.9. The van der Waals surface area contributed by atoms with E-state index < -0.39 is 17.8 Å². The molecule has 0 unspecified atom stereocenters. The van der Waals surface area contributed by atoms with Crippen LogP contribution >= 0.6 is 0 Å². The Morgan fingerprint density at radius 2 is 1.83 bits per heavy atom. The van der Waals surface area contributed by atoms with Gasteiger partial charge in [0.2, 0.25) is 5.76 Å². The summed E-state index contributed by atoms with van der Waals surface area (Å²) in [4.78, 5) is 15.7. The van der Waals surface area contributed by atoms with Gasteiger partial charge in [0.15, 0.2) is 5.69 Å². The number of hydrogen-bond acceptors (Lipinski definition) is 5. The van der Waals surface area contributed by atoms with Gasteiger partial charge in [-0.05, 0) is 43.3 Å². The van der Waals surface area contributed by atoms with Crippen LogP contribution in [-0.4, -0.2) is 20.4 Å². The number of pyridine rings is 1. The van der Waals surface area contributed by atoms with Crippen molar-refractivity contribution in [2.24, 2.45) is 0 Å². The van der Waals surface area contributed by atoms with Gasteiger partial charge in [-0.25, -0.2) is 4.98 Å². The lowest BCUT2D eigenvalue weighted by atomic mass is 10.2. The van der Waals surface area contributed by atoms with Gasteiger partial charge in [0.05, 0.1) is 5.69 Å². The molecule has 0 saturated heterocycles. The van der Waals surface area contributed by atoms with Crippen molar-refractivity contribution in [3.63, 3.8) is 0 Å². The molecule has 0 atom stereocenters. The standard InChI is InChI=1S/C19H14F3N5O2/c1-11-9-14(29-26-11)18(28)24-13-7-5-12(6-8-13)23-16-3-2-4-17-25-15(10-27(16)17)19(20,21)22/h2-10,23H,1H3,(H,24,28). The van der Waals surface area contributed by atoms with Crippen LogP contribution < -0.4 is 10.6 Å². The summed E-state index contributed by atoms with van der Waals surface area (Å²) in [5.41, 5.74) is 0.946. The molecule has 0 fully saturated rings. The van der Waals surface area contributed by atoms with Crippen molar-refractivity contribution in [3.8, 4) is 0 Å². The van der Waals surface area contributed by atoms with Crippen LogP contribution in [0.1, 0.15) is 21.9 Å². The van der Waals surface area contributed by atoms with E-state index in [1.807, 2.05) is 0 Å². The highest BCUT2D eigenvalue weighted by Crippen LogP contribution is 2.30. The van der Waals surface area contributed by atoms with Crippen molar-refractivity contribution in [1.82, 2.24) is 14.5 Å². The van der Waals surface area contributed by atoms with E-state index in [9.17, 15) is 18.0 Å². The molecule has 0 spiro atoms. The highest BCUT2D eigenvalue weighted by molar-refractivity contribution is 6.02. The van der Waals surface area contributed by atoms with E-state index in [4.69, 9.17) is 4.52 Å². The van der Waals surface area contributed by atoms with Crippen molar-refractivity contribution in [2.45, 2.75) is 13.1 Å². The first-order chi connectivity index (χ1) is 13.8. The summed E-state index contributed by atoms with van der Waals surface area (Å²) in [5, 5.41) is 9.37. The zero-order valence-corrected chi connectivity index (χ0v) is 15.0. The number of halogens is 3. The van der Waals surface area contributed by atoms with Crippen LogP contribution in [0, 0.1) is 6.92 Å². The second-order valence-electron chi connectivity index (χ2n) is 6.25. The number of nitrogens with zero attached hydrogens (tertiary/aromatic N) is 3. The Kier molecular flexibility index (Phi) is 4.45. The minimum Gasteiger partial charge on any atom is -0.351 e. The molecule has 7 nitrogen and oxygen atoms in total. The second-order valence-corrected chi connectivity index (χ2v) is 6.25. The molecule has 0 aliphatic carbocycles. The Morgan fingerprint density at radius 3 is 2.48 bits per heavy atom. The molecule has 29 heavy (non-hydrogen) atoms. The van der Waals surface area contributed by atoms with Gasteiger partial charge in [0, 0.05) is 23.6 Å². The van der Waals surface area contributed by atoms with Gasteiger partial charge in [0.1, 0.15) is 11.5 Å². The fourth-order valence-electron chi connectivity index (χ4n) is 2.70. The first-order valence-electron chi connectivity index (χ1n) is 8.47. The normalized spacial score (nSPS) is 11.6. The number of rotatable bonds is 4. The van der Waals surface area contributed by atoms with Crippen molar-refractivity contribution < 1.29 is 22.5 Å². The summed E-state index contributed by atoms with van der Waals surface area (Å²) >= 11 is 0. The Morgan fingerprint density at radius 1 is 1.10 bits per heavy atom. The molecule has 0 radical (unpaired) electrons. The number of benzene rings is 1. The molecule has 4 aromatic rings. The second kappa shape index (κ2) is 6.97. The molecule has 3 aromatic heterocycles. The average Bonchev–Trinajstić information content (AvgIpc) is 3.30. The first kappa shape index (κ1) is 18.5. The highest BCUT2D eigenvalue weighted by Gasteiger charge is 2.34. The van der Waals surface area contributed by atoms with E-state index in [0.29, 0.717) is 22.9 Å². The lowest BCUT2D eigenvalue weighted by molar-refractivity contribution is -0.140. The van der Waals surface area contributed by atoms with Crippen molar-refractivity contribution in [3.05, 3.63) is 71.9 Å². The van der Waals surface area contributed by atoms with Gasteiger partial charge in [-0.1, -0.05) is 11.2 Å². The van der Waals surface area contributed by atoms with Gasteiger partial charge in [-0.15, -0.1) is 0 Å². The number of aromatic nitrogens is 3. The summed E-state index contributed by atoms with van der Waals surface area (Å²) < 4.78 is 45.0. The van der Waals surface area contributed by atoms with Gasteiger partial charge in [-0.2, -0.15) is 13.2 Å². The molecule has 2 N–H and O–H groups in total. The molecule has 148 valence electrons. The maximum atomic E-state index is 12.9. The number of aryl methyl sites for hydroxylation is 1. The Balaban J connectivity index is 1.52. The number of hydrogen-bond donors (Lipinski definition) is 2. The van der Waals surface area contributed by atoms with Crippen LogP contribution in [0.5, 0.6) is 0 Å². The SMILES string of the molecule is Cc1cc(C(=O)Nc2ccc(Nc3cccc4nc(C(F)(F)F)cn34)cc2)on1. The van der Waals surface area contributed by atoms with Gasteiger partial charge >= 0.3 is 6.18 Å². The molecule has 1 amide bonds. The third-order valence-electron chi connectivity index (χ3n) is 4.05. The largest absolute Gasteiger partial charge is 0.434 e. The lowest BCUT2D eigenvalue weighted by Gasteiger charge is -2.10. The molecule has 1 aromatic carbocycles. The molecule has 0 bridgehead atoms. The van der Waals surface area contributed by atoms with Gasteiger partial charge in [-0.3, -0.25) is 9.20 Å². The molecule has 4 rings (SSSR count). The van der Waals surface area contributed by atoms with Crippen molar-refractivity contribution in [2.75, 3.05) is 10.6 Å². The van der Waals surface area contributed by atoms with Crippen LogP contribution in [0.25, 0.3) is 5.65 Å². The Bertz CT molecular complexity index is 1180. The Labute approximate surface area is 162 Å². The van der Waals surface area contributed by atoms with E-state index in [1.54, 1.807) is 43.3 Å². The average molecular weight is 401 g/mol. The van der Waals surface area contributed by atoms with Crippen molar-refractivity contribution >= 4 is 28.7 Å². The van der Waals surface area contributed by atoms with E-state index in [2.05, 4.69) is 20.8 Å². The Hall–Kier alpha value is -3.82. The predicted octanol–water partition coefficient (Wildman–Crippen LogP) is 4.65. The molecule has 0 aliphatic rings. The summed E-state index contributed by atoms with van der Waals surface area (Å²) in [6.07, 6.45) is -3.59. The third kappa shape index (κ3) is 3.91. The van der Waals surface area contributed by atoms with Gasteiger partial charge < -0.3 is 15.2 Å². The number of anilines is 3. The molecule has 3 heterocycles. The molecular weight excluding hydrogens is 387 g/mol. The smallest absolute Gasteiger partial charge is 0.351 e. The first-order valence-corrected chi connectivity index (χ1v) is 8.47.